The Kier molecular flexibility index (Phi) is 3.84. The molecule has 0 unspecified atom stereocenters. The van der Waals surface area contributed by atoms with Crippen LogP contribution in [0.4, 0.5) is 5.69 Å². The summed E-state index contributed by atoms with van der Waals surface area (Å²) in [7, 11) is 0. The van der Waals surface area contributed by atoms with Crippen molar-refractivity contribution in [3.05, 3.63) is 27.9 Å². The molecule has 0 atom stereocenters. The molecule has 5 nitrogen and oxygen atoms in total. The summed E-state index contributed by atoms with van der Waals surface area (Å²) in [6.45, 7) is 1.68. The minimum atomic E-state index is -0.431. The van der Waals surface area contributed by atoms with Gasteiger partial charge in [-0.25, -0.2) is 4.98 Å². The molecule has 14 heavy (non-hydrogen) atoms. The molecule has 0 radical (unpaired) electrons. The van der Waals surface area contributed by atoms with Gasteiger partial charge in [-0.3, -0.25) is 10.1 Å². The smallest absolute Gasteiger partial charge is 0.276 e. The van der Waals surface area contributed by atoms with Crippen molar-refractivity contribution < 1.29 is 10.0 Å². The van der Waals surface area contributed by atoms with E-state index in [4.69, 9.17) is 5.11 Å². The van der Waals surface area contributed by atoms with E-state index in [0.29, 0.717) is 16.3 Å². The van der Waals surface area contributed by atoms with E-state index in [9.17, 15) is 10.1 Å². The fourth-order valence-corrected chi connectivity index (χ4v) is 1.54. The van der Waals surface area contributed by atoms with Gasteiger partial charge in [0.25, 0.3) is 5.69 Å². The molecule has 0 amide bonds. The van der Waals surface area contributed by atoms with E-state index in [-0.39, 0.29) is 12.3 Å². The topological polar surface area (TPSA) is 76.3 Å². The largest absolute Gasteiger partial charge is 0.396 e. The summed E-state index contributed by atoms with van der Waals surface area (Å²) in [6, 6.07) is 1.43. The van der Waals surface area contributed by atoms with Crippen LogP contribution in [0.25, 0.3) is 0 Å². The van der Waals surface area contributed by atoms with Crippen molar-refractivity contribution in [1.82, 2.24) is 4.98 Å². The number of hydrogen-bond donors (Lipinski definition) is 1. The Morgan fingerprint density at radius 1 is 1.71 bits per heavy atom. The molecule has 0 saturated carbocycles. The van der Waals surface area contributed by atoms with Crippen molar-refractivity contribution in [2.24, 2.45) is 0 Å². The van der Waals surface area contributed by atoms with Gasteiger partial charge < -0.3 is 5.11 Å². The Balaban J connectivity index is 2.89. The second kappa shape index (κ2) is 4.92. The highest BCUT2D eigenvalue weighted by molar-refractivity contribution is 7.99. The number of aromatic nitrogens is 1. The fraction of sp³-hybridized carbons (Fsp3) is 0.375. The number of rotatable bonds is 4. The normalized spacial score (nSPS) is 10.1. The van der Waals surface area contributed by atoms with Crippen LogP contribution >= 0.6 is 11.8 Å². The summed E-state index contributed by atoms with van der Waals surface area (Å²) < 4.78 is 0. The number of hydrogen-bond acceptors (Lipinski definition) is 5. The van der Waals surface area contributed by atoms with E-state index in [1.54, 1.807) is 6.92 Å². The molecule has 1 rings (SSSR count). The SMILES string of the molecule is Cc1cnc(SCCO)cc1[N+](=O)[O-]. The van der Waals surface area contributed by atoms with Gasteiger partial charge >= 0.3 is 0 Å². The molecule has 1 heterocycles. The minimum Gasteiger partial charge on any atom is -0.396 e. The minimum absolute atomic E-state index is 0.0357. The molecular formula is C8H10N2O3S. The van der Waals surface area contributed by atoms with E-state index in [1.165, 1.54) is 24.0 Å². The molecule has 1 aromatic rings. The van der Waals surface area contributed by atoms with E-state index in [0.717, 1.165) is 0 Å². The summed E-state index contributed by atoms with van der Waals surface area (Å²) in [5.41, 5.74) is 0.615. The van der Waals surface area contributed by atoms with Crippen LogP contribution in [-0.4, -0.2) is 27.4 Å². The van der Waals surface area contributed by atoms with Gasteiger partial charge in [0.2, 0.25) is 0 Å². The molecule has 0 aromatic carbocycles. The van der Waals surface area contributed by atoms with Crippen LogP contribution in [0.1, 0.15) is 5.56 Å². The number of pyridine rings is 1. The average Bonchev–Trinajstić information content (AvgIpc) is 2.16. The van der Waals surface area contributed by atoms with Gasteiger partial charge in [-0.15, -0.1) is 11.8 Å². The molecule has 0 aliphatic carbocycles. The molecule has 0 fully saturated rings. The maximum absolute atomic E-state index is 10.6. The third kappa shape index (κ3) is 2.68. The molecule has 1 aromatic heterocycles. The van der Waals surface area contributed by atoms with E-state index < -0.39 is 4.92 Å². The van der Waals surface area contributed by atoms with Crippen LogP contribution < -0.4 is 0 Å². The van der Waals surface area contributed by atoms with Crippen molar-refractivity contribution in [2.75, 3.05) is 12.4 Å². The summed E-state index contributed by atoms with van der Waals surface area (Å²) in [5.74, 6) is 0.493. The van der Waals surface area contributed by atoms with Crippen molar-refractivity contribution in [3.8, 4) is 0 Å². The number of aliphatic hydroxyl groups excluding tert-OH is 1. The van der Waals surface area contributed by atoms with Crippen LogP contribution in [-0.2, 0) is 0 Å². The van der Waals surface area contributed by atoms with Crippen LogP contribution in [0.2, 0.25) is 0 Å². The monoisotopic (exact) mass is 214 g/mol. The first-order valence-corrected chi connectivity index (χ1v) is 4.98. The second-order valence-electron chi connectivity index (χ2n) is 2.64. The Morgan fingerprint density at radius 2 is 2.43 bits per heavy atom. The predicted octanol–water partition coefficient (Wildman–Crippen LogP) is 1.38. The van der Waals surface area contributed by atoms with Crippen LogP contribution in [0.5, 0.6) is 0 Å². The maximum Gasteiger partial charge on any atom is 0.276 e. The number of nitrogens with zero attached hydrogens (tertiary/aromatic N) is 2. The van der Waals surface area contributed by atoms with Crippen molar-refractivity contribution in [2.45, 2.75) is 11.9 Å². The lowest BCUT2D eigenvalue weighted by molar-refractivity contribution is -0.385. The summed E-state index contributed by atoms with van der Waals surface area (Å²) >= 11 is 1.30. The van der Waals surface area contributed by atoms with Crippen LogP contribution in [0, 0.1) is 17.0 Å². The highest BCUT2D eigenvalue weighted by atomic mass is 32.2. The molecule has 0 spiro atoms. The number of aliphatic hydroxyl groups is 1. The van der Waals surface area contributed by atoms with Gasteiger partial charge in [0.15, 0.2) is 0 Å². The van der Waals surface area contributed by atoms with Gasteiger partial charge in [-0.05, 0) is 6.92 Å². The predicted molar refractivity (Wildman–Crippen MR) is 53.4 cm³/mol. The fourth-order valence-electron chi connectivity index (χ4n) is 0.920. The first-order valence-electron chi connectivity index (χ1n) is 4.00. The zero-order chi connectivity index (χ0) is 10.6. The number of aryl methyl sites for hydroxylation is 1. The molecule has 0 aliphatic heterocycles. The zero-order valence-corrected chi connectivity index (χ0v) is 8.45. The zero-order valence-electron chi connectivity index (χ0n) is 7.64. The van der Waals surface area contributed by atoms with Gasteiger partial charge in [0.05, 0.1) is 11.5 Å². The summed E-state index contributed by atoms with van der Waals surface area (Å²) in [4.78, 5) is 14.1. The number of thioether (sulfide) groups is 1. The van der Waals surface area contributed by atoms with Gasteiger partial charge in [-0.2, -0.15) is 0 Å². The maximum atomic E-state index is 10.6. The van der Waals surface area contributed by atoms with E-state index in [2.05, 4.69) is 4.98 Å². The summed E-state index contributed by atoms with van der Waals surface area (Å²) in [5, 5.41) is 19.7. The molecule has 1 N–H and O–H groups in total. The Morgan fingerprint density at radius 3 is 3.00 bits per heavy atom. The average molecular weight is 214 g/mol. The van der Waals surface area contributed by atoms with Crippen molar-refractivity contribution in [1.29, 1.82) is 0 Å². The molecule has 0 saturated heterocycles. The highest BCUT2D eigenvalue weighted by Crippen LogP contribution is 2.23. The Bertz CT molecular complexity index is 343. The lowest BCUT2D eigenvalue weighted by atomic mass is 10.3. The molecule has 6 heteroatoms. The van der Waals surface area contributed by atoms with Crippen LogP contribution in [0.15, 0.2) is 17.3 Å². The van der Waals surface area contributed by atoms with E-state index >= 15 is 0 Å². The molecule has 0 bridgehead atoms. The van der Waals surface area contributed by atoms with Gasteiger partial charge in [0.1, 0.15) is 5.03 Å². The lowest BCUT2D eigenvalue weighted by Crippen LogP contribution is -1.94. The third-order valence-corrected chi connectivity index (χ3v) is 2.49. The second-order valence-corrected chi connectivity index (χ2v) is 3.75. The van der Waals surface area contributed by atoms with Crippen LogP contribution in [0.3, 0.4) is 0 Å². The first kappa shape index (κ1) is 10.9. The molecule has 0 aliphatic rings. The Hall–Kier alpha value is -1.14. The quantitative estimate of drug-likeness (QED) is 0.465. The third-order valence-electron chi connectivity index (χ3n) is 1.59. The van der Waals surface area contributed by atoms with Crippen molar-refractivity contribution >= 4 is 17.4 Å². The summed E-state index contributed by atoms with van der Waals surface area (Å²) in [6.07, 6.45) is 1.47. The van der Waals surface area contributed by atoms with E-state index in [1.807, 2.05) is 0 Å². The Labute approximate surface area is 85.3 Å². The lowest BCUT2D eigenvalue weighted by Gasteiger charge is -2.00. The standard InChI is InChI=1S/C8H10N2O3S/c1-6-5-9-8(14-3-2-11)4-7(6)10(12)13/h4-5,11H,2-3H2,1H3. The van der Waals surface area contributed by atoms with Gasteiger partial charge in [0, 0.05) is 23.6 Å². The molecular weight excluding hydrogens is 204 g/mol. The highest BCUT2D eigenvalue weighted by Gasteiger charge is 2.11. The van der Waals surface area contributed by atoms with Crippen molar-refractivity contribution in [3.63, 3.8) is 0 Å². The molecule has 76 valence electrons. The van der Waals surface area contributed by atoms with Gasteiger partial charge in [-0.1, -0.05) is 0 Å². The number of nitro groups is 1. The first-order chi connectivity index (χ1) is 6.65.